The Kier molecular flexibility index (Phi) is 3.09. The maximum atomic E-state index is 11.8. The van der Waals surface area contributed by atoms with Gasteiger partial charge in [-0.25, -0.2) is 0 Å². The smallest absolute Gasteiger partial charge is 0.197 e. The van der Waals surface area contributed by atoms with Crippen molar-refractivity contribution in [2.24, 2.45) is 17.2 Å². The Labute approximate surface area is 104 Å². The number of ketones is 1. The number of rotatable bonds is 1. The lowest BCUT2D eigenvalue weighted by molar-refractivity contribution is -0.117. The van der Waals surface area contributed by atoms with Crippen LogP contribution in [-0.2, 0) is 4.79 Å². The molecule has 0 fully saturated rings. The minimum Gasteiger partial charge on any atom is -0.400 e. The molecule has 0 aliphatic heterocycles. The molecule has 0 bridgehead atoms. The van der Waals surface area contributed by atoms with Gasteiger partial charge in [0.1, 0.15) is 0 Å². The first-order valence-corrected chi connectivity index (χ1v) is 5.68. The molecule has 2 atom stereocenters. The molecular weight excluding hydrogens is 238 g/mol. The quantitative estimate of drug-likeness (QED) is 0.690. The molecule has 0 saturated carbocycles. The maximum Gasteiger partial charge on any atom is 0.197 e. The zero-order chi connectivity index (χ0) is 12.6. The van der Waals surface area contributed by atoms with Crippen LogP contribution in [0.15, 0.2) is 35.7 Å². The lowest BCUT2D eigenvalue weighted by Gasteiger charge is -2.29. The van der Waals surface area contributed by atoms with Gasteiger partial charge in [-0.15, -0.1) is 0 Å². The SMILES string of the molecule is NC1=C(N)C(=O)C(N)C(c2ccccc2Cl)C1. The zero-order valence-corrected chi connectivity index (χ0v) is 9.95. The Morgan fingerprint density at radius 1 is 1.24 bits per heavy atom. The molecule has 1 aliphatic carbocycles. The molecule has 90 valence electrons. The molecule has 1 aromatic rings. The molecule has 4 nitrogen and oxygen atoms in total. The molecule has 0 saturated heterocycles. The fourth-order valence-corrected chi connectivity index (χ4v) is 2.35. The first-order valence-electron chi connectivity index (χ1n) is 5.30. The Hall–Kier alpha value is -1.52. The highest BCUT2D eigenvalue weighted by Crippen LogP contribution is 2.34. The normalized spacial score (nSPS) is 25.2. The summed E-state index contributed by atoms with van der Waals surface area (Å²) in [6, 6.07) is 6.63. The van der Waals surface area contributed by atoms with Crippen molar-refractivity contribution in [3.63, 3.8) is 0 Å². The number of allylic oxidation sites excluding steroid dienone is 1. The molecule has 17 heavy (non-hydrogen) atoms. The second-order valence-electron chi connectivity index (χ2n) is 4.16. The molecule has 6 N–H and O–H groups in total. The summed E-state index contributed by atoms with van der Waals surface area (Å²) in [6.07, 6.45) is 0.461. The van der Waals surface area contributed by atoms with E-state index in [2.05, 4.69) is 0 Å². The highest BCUT2D eigenvalue weighted by Gasteiger charge is 2.34. The largest absolute Gasteiger partial charge is 0.400 e. The molecule has 5 heteroatoms. The molecule has 0 radical (unpaired) electrons. The van der Waals surface area contributed by atoms with Crippen molar-refractivity contribution in [1.82, 2.24) is 0 Å². The number of carbonyl (C=O) groups is 1. The predicted molar refractivity (Wildman–Crippen MR) is 67.2 cm³/mol. The second kappa shape index (κ2) is 4.39. The molecule has 0 spiro atoms. The van der Waals surface area contributed by atoms with Gasteiger partial charge < -0.3 is 17.2 Å². The summed E-state index contributed by atoms with van der Waals surface area (Å²) in [5.74, 6) is -0.512. The molecule has 2 rings (SSSR count). The lowest BCUT2D eigenvalue weighted by Crippen LogP contribution is -2.44. The summed E-state index contributed by atoms with van der Waals surface area (Å²) in [4.78, 5) is 11.8. The van der Waals surface area contributed by atoms with Crippen LogP contribution < -0.4 is 17.2 Å². The zero-order valence-electron chi connectivity index (χ0n) is 9.19. The number of nitrogens with two attached hydrogens (primary N) is 3. The number of benzene rings is 1. The molecular formula is C12H14ClN3O. The lowest BCUT2D eigenvalue weighted by atomic mass is 9.80. The van der Waals surface area contributed by atoms with Crippen molar-refractivity contribution in [2.75, 3.05) is 0 Å². The van der Waals surface area contributed by atoms with Crippen LogP contribution in [0.1, 0.15) is 17.9 Å². The van der Waals surface area contributed by atoms with Crippen molar-refractivity contribution in [2.45, 2.75) is 18.4 Å². The van der Waals surface area contributed by atoms with E-state index in [1.165, 1.54) is 0 Å². The van der Waals surface area contributed by atoms with Gasteiger partial charge in [0.15, 0.2) is 5.78 Å². The van der Waals surface area contributed by atoms with Gasteiger partial charge in [0.25, 0.3) is 0 Å². The van der Waals surface area contributed by atoms with Gasteiger partial charge in [-0.05, 0) is 18.1 Å². The highest BCUT2D eigenvalue weighted by molar-refractivity contribution is 6.31. The van der Waals surface area contributed by atoms with Crippen molar-refractivity contribution in [3.8, 4) is 0 Å². The van der Waals surface area contributed by atoms with Crippen LogP contribution in [0.3, 0.4) is 0 Å². The van der Waals surface area contributed by atoms with E-state index in [1.54, 1.807) is 6.07 Å². The van der Waals surface area contributed by atoms with E-state index in [4.69, 9.17) is 28.8 Å². The van der Waals surface area contributed by atoms with Crippen LogP contribution in [0, 0.1) is 0 Å². The average molecular weight is 252 g/mol. The van der Waals surface area contributed by atoms with Crippen LogP contribution in [0.5, 0.6) is 0 Å². The number of Topliss-reactive ketones (excluding diaryl/α,β-unsaturated/α-hetero) is 1. The summed E-state index contributed by atoms with van der Waals surface area (Å²) in [5, 5.41) is 0.592. The molecule has 0 heterocycles. The van der Waals surface area contributed by atoms with Crippen LogP contribution in [-0.4, -0.2) is 11.8 Å². The van der Waals surface area contributed by atoms with Gasteiger partial charge in [-0.3, -0.25) is 4.79 Å². The third-order valence-electron chi connectivity index (χ3n) is 3.09. The van der Waals surface area contributed by atoms with E-state index in [-0.39, 0.29) is 17.4 Å². The predicted octanol–water partition coefficient (Wildman–Crippen LogP) is 0.853. The molecule has 1 aliphatic rings. The first-order chi connectivity index (χ1) is 8.02. The maximum absolute atomic E-state index is 11.8. The molecule has 0 aromatic heterocycles. The van der Waals surface area contributed by atoms with E-state index >= 15 is 0 Å². The van der Waals surface area contributed by atoms with E-state index < -0.39 is 6.04 Å². The van der Waals surface area contributed by atoms with Crippen molar-refractivity contribution < 1.29 is 4.79 Å². The Bertz CT molecular complexity index is 498. The fourth-order valence-electron chi connectivity index (χ4n) is 2.07. The number of halogens is 1. The van der Waals surface area contributed by atoms with Gasteiger partial charge in [-0.1, -0.05) is 29.8 Å². The van der Waals surface area contributed by atoms with Gasteiger partial charge in [0.05, 0.1) is 11.7 Å². The Morgan fingerprint density at radius 3 is 2.53 bits per heavy atom. The summed E-state index contributed by atoms with van der Waals surface area (Å²) in [6.45, 7) is 0. The number of hydrogen-bond donors (Lipinski definition) is 3. The minimum absolute atomic E-state index is 0.0841. The van der Waals surface area contributed by atoms with Gasteiger partial charge in [0.2, 0.25) is 0 Å². The third kappa shape index (κ3) is 2.01. The number of carbonyl (C=O) groups excluding carboxylic acids is 1. The van der Waals surface area contributed by atoms with Crippen LogP contribution in [0.4, 0.5) is 0 Å². The molecule has 1 aromatic carbocycles. The summed E-state index contributed by atoms with van der Waals surface area (Å²) < 4.78 is 0. The molecule has 0 amide bonds. The van der Waals surface area contributed by atoms with E-state index in [0.717, 1.165) is 5.56 Å². The number of hydrogen-bond acceptors (Lipinski definition) is 4. The molecule has 2 unspecified atom stereocenters. The van der Waals surface area contributed by atoms with Gasteiger partial charge in [0, 0.05) is 16.6 Å². The summed E-state index contributed by atoms with van der Waals surface area (Å²) in [7, 11) is 0. The summed E-state index contributed by atoms with van der Waals surface area (Å²) >= 11 is 6.10. The van der Waals surface area contributed by atoms with Gasteiger partial charge in [-0.2, -0.15) is 0 Å². The van der Waals surface area contributed by atoms with E-state index in [1.807, 2.05) is 18.2 Å². The van der Waals surface area contributed by atoms with Gasteiger partial charge >= 0.3 is 0 Å². The third-order valence-corrected chi connectivity index (χ3v) is 3.44. The van der Waals surface area contributed by atoms with Crippen LogP contribution in [0.2, 0.25) is 5.02 Å². The Morgan fingerprint density at radius 2 is 1.88 bits per heavy atom. The van der Waals surface area contributed by atoms with Crippen molar-refractivity contribution >= 4 is 17.4 Å². The highest BCUT2D eigenvalue weighted by atomic mass is 35.5. The first kappa shape index (κ1) is 12.0. The minimum atomic E-state index is -0.679. The topological polar surface area (TPSA) is 95.1 Å². The van der Waals surface area contributed by atoms with Crippen LogP contribution >= 0.6 is 11.6 Å². The van der Waals surface area contributed by atoms with Crippen molar-refractivity contribution in [3.05, 3.63) is 46.2 Å². The van der Waals surface area contributed by atoms with Crippen LogP contribution in [0.25, 0.3) is 0 Å². The van der Waals surface area contributed by atoms with E-state index in [9.17, 15) is 4.79 Å². The van der Waals surface area contributed by atoms with E-state index in [0.29, 0.717) is 17.1 Å². The summed E-state index contributed by atoms with van der Waals surface area (Å²) in [5.41, 5.74) is 18.5. The van der Waals surface area contributed by atoms with Crippen molar-refractivity contribution in [1.29, 1.82) is 0 Å². The second-order valence-corrected chi connectivity index (χ2v) is 4.57. The fraction of sp³-hybridized carbons (Fsp3) is 0.250. The average Bonchev–Trinajstić information content (AvgIpc) is 2.32. The standard InChI is InChI=1S/C12H14ClN3O/c13-8-4-2-1-3-6(8)7-5-9(14)11(16)12(17)10(7)15/h1-4,7,10H,5,14-16H2. The Balaban J connectivity index is 2.42. The monoisotopic (exact) mass is 251 g/mol.